The van der Waals surface area contributed by atoms with Crippen molar-refractivity contribution in [1.82, 2.24) is 15.1 Å². The summed E-state index contributed by atoms with van der Waals surface area (Å²) in [5.41, 5.74) is 1.02. The van der Waals surface area contributed by atoms with Crippen LogP contribution in [0.3, 0.4) is 0 Å². The van der Waals surface area contributed by atoms with Crippen LogP contribution in [-0.4, -0.2) is 62.5 Å². The van der Waals surface area contributed by atoms with Gasteiger partial charge in [0, 0.05) is 52.1 Å². The Hall–Kier alpha value is -1.79. The molecule has 1 N–H and O–H groups in total. The van der Waals surface area contributed by atoms with E-state index in [0.717, 1.165) is 17.9 Å². The first-order valence-electron chi connectivity index (χ1n) is 8.38. The van der Waals surface area contributed by atoms with E-state index in [2.05, 4.69) is 5.32 Å². The highest BCUT2D eigenvalue weighted by molar-refractivity contribution is 5.85. The molecule has 0 aliphatic carbocycles. The maximum atomic E-state index is 12.7. The molecular weight excluding hydrogens is 342 g/mol. The van der Waals surface area contributed by atoms with Crippen LogP contribution in [0, 0.1) is 0 Å². The van der Waals surface area contributed by atoms with Crippen molar-refractivity contribution in [2.45, 2.75) is 25.3 Å². The molecule has 7 heteroatoms. The number of ether oxygens (including phenoxy) is 1. The predicted octanol–water partition coefficient (Wildman–Crippen LogP) is 1.85. The smallest absolute Gasteiger partial charge is 0.223 e. The van der Waals surface area contributed by atoms with E-state index in [1.165, 1.54) is 0 Å². The Morgan fingerprint density at radius 2 is 2.00 bits per heavy atom. The maximum Gasteiger partial charge on any atom is 0.223 e. The second kappa shape index (κ2) is 10.3. The molecule has 0 saturated carbocycles. The number of nitrogens with one attached hydrogen (secondary N) is 1. The van der Waals surface area contributed by atoms with Crippen molar-refractivity contribution in [2.24, 2.45) is 0 Å². The Labute approximate surface area is 155 Å². The molecular formula is C18H28ClN3O3. The minimum Gasteiger partial charge on any atom is -0.496 e. The Balaban J connectivity index is 0.00000312. The van der Waals surface area contributed by atoms with Gasteiger partial charge in [0.25, 0.3) is 0 Å². The van der Waals surface area contributed by atoms with E-state index in [0.29, 0.717) is 32.4 Å². The first-order chi connectivity index (χ1) is 11.5. The molecule has 1 saturated heterocycles. The lowest BCUT2D eigenvalue weighted by atomic mass is 10.0. The molecule has 2 amide bonds. The van der Waals surface area contributed by atoms with E-state index >= 15 is 0 Å². The number of methoxy groups -OCH3 is 1. The molecule has 1 fully saturated rings. The normalized spacial score (nSPS) is 16.8. The number of rotatable bonds is 6. The van der Waals surface area contributed by atoms with Gasteiger partial charge in [0.2, 0.25) is 11.8 Å². The molecule has 1 heterocycles. The number of para-hydroxylation sites is 1. The number of piperazine rings is 1. The van der Waals surface area contributed by atoms with Crippen molar-refractivity contribution >= 4 is 24.2 Å². The van der Waals surface area contributed by atoms with Gasteiger partial charge in [0.15, 0.2) is 0 Å². The van der Waals surface area contributed by atoms with Crippen molar-refractivity contribution in [3.05, 3.63) is 29.8 Å². The second-order valence-corrected chi connectivity index (χ2v) is 6.19. The van der Waals surface area contributed by atoms with Crippen molar-refractivity contribution in [3.8, 4) is 5.75 Å². The van der Waals surface area contributed by atoms with Crippen LogP contribution >= 0.6 is 12.4 Å². The summed E-state index contributed by atoms with van der Waals surface area (Å²) in [6.45, 7) is 2.17. The van der Waals surface area contributed by atoms with Gasteiger partial charge in [0.1, 0.15) is 5.75 Å². The third kappa shape index (κ3) is 5.61. The summed E-state index contributed by atoms with van der Waals surface area (Å²) in [5, 5.41) is 3.35. The Bertz CT molecular complexity index is 580. The van der Waals surface area contributed by atoms with Gasteiger partial charge in [-0.1, -0.05) is 18.2 Å². The summed E-state index contributed by atoms with van der Waals surface area (Å²) in [4.78, 5) is 27.8. The molecule has 0 aromatic heterocycles. The third-order valence-electron chi connectivity index (χ3n) is 4.34. The zero-order valence-electron chi connectivity index (χ0n) is 15.2. The molecule has 6 nitrogen and oxygen atoms in total. The Morgan fingerprint density at radius 1 is 1.28 bits per heavy atom. The highest BCUT2D eigenvalue weighted by Gasteiger charge is 2.29. The van der Waals surface area contributed by atoms with Crippen LogP contribution in [0.2, 0.25) is 0 Å². The van der Waals surface area contributed by atoms with E-state index < -0.39 is 0 Å². The van der Waals surface area contributed by atoms with Crippen molar-refractivity contribution < 1.29 is 14.3 Å². The van der Waals surface area contributed by atoms with Gasteiger partial charge in [0.05, 0.1) is 13.2 Å². The molecule has 1 aliphatic rings. The first kappa shape index (κ1) is 21.3. The summed E-state index contributed by atoms with van der Waals surface area (Å²) in [6.07, 6.45) is 1.38. The quantitative estimate of drug-likeness (QED) is 0.831. The molecule has 25 heavy (non-hydrogen) atoms. The lowest BCUT2D eigenvalue weighted by Gasteiger charge is -2.37. The molecule has 0 bridgehead atoms. The highest BCUT2D eigenvalue weighted by Crippen LogP contribution is 2.30. The number of hydrogen-bond donors (Lipinski definition) is 1. The molecule has 0 spiro atoms. The number of hydrogen-bond acceptors (Lipinski definition) is 4. The number of benzene rings is 1. The number of halogens is 1. The van der Waals surface area contributed by atoms with Crippen molar-refractivity contribution in [2.75, 3.05) is 40.8 Å². The zero-order valence-corrected chi connectivity index (χ0v) is 16.0. The fourth-order valence-corrected chi connectivity index (χ4v) is 2.98. The molecule has 0 radical (unpaired) electrons. The zero-order chi connectivity index (χ0) is 17.5. The van der Waals surface area contributed by atoms with Crippen molar-refractivity contribution in [1.29, 1.82) is 0 Å². The average Bonchev–Trinajstić information content (AvgIpc) is 2.61. The largest absolute Gasteiger partial charge is 0.496 e. The van der Waals surface area contributed by atoms with Crippen LogP contribution in [0.4, 0.5) is 0 Å². The van der Waals surface area contributed by atoms with Crippen LogP contribution in [0.15, 0.2) is 24.3 Å². The highest BCUT2D eigenvalue weighted by atomic mass is 35.5. The number of nitrogens with zero attached hydrogens (tertiary/aromatic N) is 2. The van der Waals surface area contributed by atoms with Crippen LogP contribution < -0.4 is 10.1 Å². The number of carbonyl (C=O) groups is 2. The second-order valence-electron chi connectivity index (χ2n) is 6.19. The summed E-state index contributed by atoms with van der Waals surface area (Å²) < 4.78 is 5.45. The summed E-state index contributed by atoms with van der Waals surface area (Å²) >= 11 is 0. The molecule has 2 rings (SSSR count). The van der Waals surface area contributed by atoms with Crippen LogP contribution in [0.25, 0.3) is 0 Å². The third-order valence-corrected chi connectivity index (χ3v) is 4.34. The van der Waals surface area contributed by atoms with Gasteiger partial charge < -0.3 is 19.9 Å². The van der Waals surface area contributed by atoms with Crippen LogP contribution in [0.5, 0.6) is 5.75 Å². The van der Waals surface area contributed by atoms with Crippen molar-refractivity contribution in [3.63, 3.8) is 0 Å². The molecule has 1 aromatic carbocycles. The van der Waals surface area contributed by atoms with Gasteiger partial charge in [-0.05, 0) is 12.5 Å². The van der Waals surface area contributed by atoms with Gasteiger partial charge in [-0.15, -0.1) is 12.4 Å². The molecule has 1 unspecified atom stereocenters. The number of carbonyl (C=O) groups excluding carboxylic acids is 2. The van der Waals surface area contributed by atoms with E-state index in [1.807, 2.05) is 29.2 Å². The predicted molar refractivity (Wildman–Crippen MR) is 100 cm³/mol. The SMILES string of the molecule is COc1ccccc1C1CNCCN1C(=O)CCCC(=O)N(C)C.Cl. The first-order valence-corrected chi connectivity index (χ1v) is 8.38. The van der Waals surface area contributed by atoms with Gasteiger partial charge in [-0.2, -0.15) is 0 Å². The molecule has 1 aromatic rings. The molecule has 140 valence electrons. The van der Waals surface area contributed by atoms with E-state index in [9.17, 15) is 9.59 Å². The fourth-order valence-electron chi connectivity index (χ4n) is 2.98. The van der Waals surface area contributed by atoms with E-state index in [1.54, 1.807) is 26.1 Å². The lowest BCUT2D eigenvalue weighted by molar-refractivity contribution is -0.135. The number of amides is 2. The minimum absolute atomic E-state index is 0. The Morgan fingerprint density at radius 3 is 2.68 bits per heavy atom. The van der Waals surface area contributed by atoms with Gasteiger partial charge >= 0.3 is 0 Å². The fraction of sp³-hybridized carbons (Fsp3) is 0.556. The maximum absolute atomic E-state index is 12.7. The van der Waals surface area contributed by atoms with Crippen LogP contribution in [-0.2, 0) is 9.59 Å². The minimum atomic E-state index is -0.0352. The van der Waals surface area contributed by atoms with E-state index in [4.69, 9.17) is 4.74 Å². The molecule has 1 atom stereocenters. The van der Waals surface area contributed by atoms with Crippen LogP contribution in [0.1, 0.15) is 30.9 Å². The van der Waals surface area contributed by atoms with Gasteiger partial charge in [-0.25, -0.2) is 0 Å². The topological polar surface area (TPSA) is 61.9 Å². The van der Waals surface area contributed by atoms with Gasteiger partial charge in [-0.3, -0.25) is 9.59 Å². The lowest BCUT2D eigenvalue weighted by Crippen LogP contribution is -2.48. The monoisotopic (exact) mass is 369 g/mol. The average molecular weight is 370 g/mol. The summed E-state index contributed by atoms with van der Waals surface area (Å²) in [7, 11) is 5.12. The summed E-state index contributed by atoms with van der Waals surface area (Å²) in [5.74, 6) is 0.954. The molecule has 1 aliphatic heterocycles. The Kier molecular flexibility index (Phi) is 8.72. The standard InChI is InChI=1S/C18H27N3O3.ClH/c1-20(2)17(22)9-6-10-18(23)21-12-11-19-13-15(21)14-7-4-5-8-16(14)24-3;/h4-5,7-8,15,19H,6,9-13H2,1-3H3;1H. The summed E-state index contributed by atoms with van der Waals surface area (Å²) in [6, 6.07) is 7.78. The van der Waals surface area contributed by atoms with E-state index in [-0.39, 0.29) is 30.3 Å².